The van der Waals surface area contributed by atoms with E-state index < -0.39 is 22.5 Å². The van der Waals surface area contributed by atoms with Crippen molar-refractivity contribution >= 4 is 11.4 Å². The SMILES string of the molecule is O=[N+]([O-])c1cnc(C(F)(F)F)cc1NCCCCCCO. The molecule has 0 aliphatic rings. The third kappa shape index (κ3) is 5.54. The number of aliphatic hydroxyl groups excluding tert-OH is 1. The van der Waals surface area contributed by atoms with E-state index in [1.165, 1.54) is 0 Å². The van der Waals surface area contributed by atoms with Crippen LogP contribution in [0.2, 0.25) is 0 Å². The quantitative estimate of drug-likeness (QED) is 0.438. The summed E-state index contributed by atoms with van der Waals surface area (Å²) in [6.45, 7) is 0.409. The van der Waals surface area contributed by atoms with Crippen molar-refractivity contribution in [3.63, 3.8) is 0 Å². The van der Waals surface area contributed by atoms with Gasteiger partial charge in [0.05, 0.1) is 4.92 Å². The van der Waals surface area contributed by atoms with Gasteiger partial charge >= 0.3 is 11.9 Å². The summed E-state index contributed by atoms with van der Waals surface area (Å²) in [6, 6.07) is 0.645. The predicted octanol–water partition coefficient (Wildman–Crippen LogP) is 2.97. The Balaban J connectivity index is 2.71. The van der Waals surface area contributed by atoms with E-state index in [9.17, 15) is 23.3 Å². The van der Waals surface area contributed by atoms with E-state index >= 15 is 0 Å². The standard InChI is InChI=1S/C12H16F3N3O3/c13-12(14,15)11-7-9(10(8-17-11)18(20)21)16-5-3-1-2-4-6-19/h7-8,19H,1-6H2,(H,16,17). The van der Waals surface area contributed by atoms with Crippen LogP contribution in [0.25, 0.3) is 0 Å². The highest BCUT2D eigenvalue weighted by atomic mass is 19.4. The highest BCUT2D eigenvalue weighted by Crippen LogP contribution is 2.32. The average molecular weight is 307 g/mol. The number of unbranched alkanes of at least 4 members (excludes halogenated alkanes) is 3. The second-order valence-corrected chi connectivity index (χ2v) is 4.41. The lowest BCUT2D eigenvalue weighted by Crippen LogP contribution is -2.11. The molecule has 0 saturated carbocycles. The summed E-state index contributed by atoms with van der Waals surface area (Å²) < 4.78 is 37.6. The molecule has 9 heteroatoms. The van der Waals surface area contributed by atoms with Gasteiger partial charge in [-0.2, -0.15) is 13.2 Å². The van der Waals surface area contributed by atoms with Gasteiger partial charge in [-0.25, -0.2) is 4.98 Å². The minimum Gasteiger partial charge on any atom is -0.396 e. The van der Waals surface area contributed by atoms with Crippen LogP contribution >= 0.6 is 0 Å². The van der Waals surface area contributed by atoms with Crippen LogP contribution in [0.1, 0.15) is 31.4 Å². The molecule has 0 saturated heterocycles. The molecule has 0 aliphatic carbocycles. The Labute approximate surface area is 119 Å². The number of pyridine rings is 1. The normalized spacial score (nSPS) is 11.4. The smallest absolute Gasteiger partial charge is 0.396 e. The summed E-state index contributed by atoms with van der Waals surface area (Å²) >= 11 is 0. The molecule has 1 aromatic heterocycles. The number of nitrogens with one attached hydrogen (secondary N) is 1. The van der Waals surface area contributed by atoms with E-state index in [2.05, 4.69) is 10.3 Å². The van der Waals surface area contributed by atoms with Gasteiger partial charge in [0.1, 0.15) is 17.6 Å². The monoisotopic (exact) mass is 307 g/mol. The average Bonchev–Trinajstić information content (AvgIpc) is 2.41. The van der Waals surface area contributed by atoms with Crippen LogP contribution in [0.15, 0.2) is 12.3 Å². The van der Waals surface area contributed by atoms with Gasteiger partial charge < -0.3 is 10.4 Å². The molecular weight excluding hydrogens is 291 g/mol. The van der Waals surface area contributed by atoms with E-state index in [0.29, 0.717) is 31.6 Å². The molecular formula is C12H16F3N3O3. The van der Waals surface area contributed by atoms with Crippen LogP contribution in [0, 0.1) is 10.1 Å². The zero-order valence-electron chi connectivity index (χ0n) is 11.2. The van der Waals surface area contributed by atoms with E-state index in [0.717, 1.165) is 12.8 Å². The van der Waals surface area contributed by atoms with Crippen molar-refractivity contribution in [1.82, 2.24) is 4.98 Å². The van der Waals surface area contributed by atoms with Gasteiger partial charge in [0.25, 0.3) is 0 Å². The zero-order valence-corrected chi connectivity index (χ0v) is 11.2. The van der Waals surface area contributed by atoms with Crippen molar-refractivity contribution in [3.8, 4) is 0 Å². The number of hydrogen-bond donors (Lipinski definition) is 2. The lowest BCUT2D eigenvalue weighted by atomic mass is 10.2. The third-order valence-electron chi connectivity index (χ3n) is 2.77. The molecule has 0 fully saturated rings. The third-order valence-corrected chi connectivity index (χ3v) is 2.77. The zero-order chi connectivity index (χ0) is 15.9. The van der Waals surface area contributed by atoms with Gasteiger partial charge in [-0.15, -0.1) is 0 Å². The van der Waals surface area contributed by atoms with Crippen LogP contribution in [0.3, 0.4) is 0 Å². The Bertz CT molecular complexity index is 481. The van der Waals surface area contributed by atoms with E-state index in [4.69, 9.17) is 5.11 Å². The summed E-state index contributed by atoms with van der Waals surface area (Å²) in [5.41, 5.74) is -1.85. The first-order valence-corrected chi connectivity index (χ1v) is 6.42. The van der Waals surface area contributed by atoms with Crippen molar-refractivity contribution < 1.29 is 23.2 Å². The van der Waals surface area contributed by atoms with Crippen molar-refractivity contribution in [2.45, 2.75) is 31.9 Å². The van der Waals surface area contributed by atoms with Gasteiger partial charge in [0.2, 0.25) is 0 Å². The molecule has 0 spiro atoms. The minimum atomic E-state index is -4.65. The summed E-state index contributed by atoms with van der Waals surface area (Å²) in [5.74, 6) is 0. The predicted molar refractivity (Wildman–Crippen MR) is 69.9 cm³/mol. The molecule has 0 unspecified atom stereocenters. The number of hydrogen-bond acceptors (Lipinski definition) is 5. The summed E-state index contributed by atoms with van der Waals surface area (Å²) in [7, 11) is 0. The fourth-order valence-corrected chi connectivity index (χ4v) is 1.70. The maximum absolute atomic E-state index is 12.5. The fourth-order valence-electron chi connectivity index (χ4n) is 1.70. The maximum atomic E-state index is 12.5. The van der Waals surface area contributed by atoms with E-state index in [1.807, 2.05) is 0 Å². The van der Waals surface area contributed by atoms with Crippen molar-refractivity contribution in [2.24, 2.45) is 0 Å². The molecule has 0 radical (unpaired) electrons. The van der Waals surface area contributed by atoms with E-state index in [-0.39, 0.29) is 12.3 Å². The van der Waals surface area contributed by atoms with Crippen LogP contribution in [-0.2, 0) is 6.18 Å². The Morgan fingerprint density at radius 1 is 1.29 bits per heavy atom. The molecule has 6 nitrogen and oxygen atoms in total. The molecule has 0 atom stereocenters. The summed E-state index contributed by atoms with van der Waals surface area (Å²) in [4.78, 5) is 13.1. The molecule has 0 aromatic carbocycles. The van der Waals surface area contributed by atoms with Crippen molar-refractivity contribution in [3.05, 3.63) is 28.1 Å². The molecule has 21 heavy (non-hydrogen) atoms. The topological polar surface area (TPSA) is 88.3 Å². The number of rotatable bonds is 8. The van der Waals surface area contributed by atoms with Crippen LogP contribution in [-0.4, -0.2) is 28.2 Å². The largest absolute Gasteiger partial charge is 0.433 e. The molecule has 0 amide bonds. The van der Waals surface area contributed by atoms with Crippen LogP contribution < -0.4 is 5.32 Å². The second kappa shape index (κ2) is 7.77. The molecule has 1 aromatic rings. The molecule has 118 valence electrons. The number of halogens is 3. The first-order valence-electron chi connectivity index (χ1n) is 6.42. The number of nitrogens with zero attached hydrogens (tertiary/aromatic N) is 2. The van der Waals surface area contributed by atoms with E-state index in [1.54, 1.807) is 0 Å². The van der Waals surface area contributed by atoms with Gasteiger partial charge in [-0.1, -0.05) is 12.8 Å². The highest BCUT2D eigenvalue weighted by Gasteiger charge is 2.34. The molecule has 0 aliphatic heterocycles. The number of nitro groups is 1. The molecule has 1 rings (SSSR count). The summed E-state index contributed by atoms with van der Waals surface area (Å²) in [5, 5.41) is 22.0. The molecule has 2 N–H and O–H groups in total. The Morgan fingerprint density at radius 3 is 2.52 bits per heavy atom. The van der Waals surface area contributed by atoms with Crippen molar-refractivity contribution in [2.75, 3.05) is 18.5 Å². The van der Waals surface area contributed by atoms with Crippen molar-refractivity contribution in [1.29, 1.82) is 0 Å². The lowest BCUT2D eigenvalue weighted by Gasteiger charge is -2.10. The first-order chi connectivity index (χ1) is 9.86. The Kier molecular flexibility index (Phi) is 6.35. The second-order valence-electron chi connectivity index (χ2n) is 4.41. The highest BCUT2D eigenvalue weighted by molar-refractivity contribution is 5.61. The maximum Gasteiger partial charge on any atom is 0.433 e. The fraction of sp³-hybridized carbons (Fsp3) is 0.583. The minimum absolute atomic E-state index is 0.0954. The van der Waals surface area contributed by atoms with Gasteiger partial charge in [0.15, 0.2) is 0 Å². The number of aromatic nitrogens is 1. The number of aliphatic hydroxyl groups is 1. The first kappa shape index (κ1) is 17.2. The lowest BCUT2D eigenvalue weighted by molar-refractivity contribution is -0.384. The Hall–Kier alpha value is -1.90. The van der Waals surface area contributed by atoms with Gasteiger partial charge in [-0.05, 0) is 18.9 Å². The molecule has 1 heterocycles. The van der Waals surface area contributed by atoms with Crippen LogP contribution in [0.5, 0.6) is 0 Å². The number of alkyl halides is 3. The molecule has 0 bridgehead atoms. The van der Waals surface area contributed by atoms with Gasteiger partial charge in [-0.3, -0.25) is 10.1 Å². The number of anilines is 1. The van der Waals surface area contributed by atoms with Gasteiger partial charge in [0, 0.05) is 13.2 Å². The van der Waals surface area contributed by atoms with Crippen LogP contribution in [0.4, 0.5) is 24.5 Å². The Morgan fingerprint density at radius 2 is 1.95 bits per heavy atom. The summed E-state index contributed by atoms with van der Waals surface area (Å²) in [6.07, 6.45) is -1.17.